The SMILES string of the molecule is C=CCC[C@@H](O)CN1CCC(S(=O)(=O)N2CCCC2)CC1. The summed E-state index contributed by atoms with van der Waals surface area (Å²) >= 11 is 0. The molecule has 0 spiro atoms. The van der Waals surface area contributed by atoms with Gasteiger partial charge in [0, 0.05) is 19.6 Å². The number of aliphatic hydroxyl groups excluding tert-OH is 1. The van der Waals surface area contributed by atoms with Crippen molar-refractivity contribution in [2.45, 2.75) is 49.9 Å². The van der Waals surface area contributed by atoms with Gasteiger partial charge in [0.15, 0.2) is 0 Å². The Morgan fingerprint density at radius 2 is 1.81 bits per heavy atom. The third-order valence-electron chi connectivity index (χ3n) is 4.55. The summed E-state index contributed by atoms with van der Waals surface area (Å²) in [6.45, 7) is 7.23. The molecule has 0 aliphatic carbocycles. The number of aliphatic hydroxyl groups is 1. The molecule has 0 aromatic carbocycles. The van der Waals surface area contributed by atoms with Crippen molar-refractivity contribution in [1.29, 1.82) is 0 Å². The van der Waals surface area contributed by atoms with E-state index in [1.165, 1.54) is 0 Å². The first-order valence-corrected chi connectivity index (χ1v) is 9.54. The summed E-state index contributed by atoms with van der Waals surface area (Å²) in [4.78, 5) is 2.18. The smallest absolute Gasteiger partial charge is 0.217 e. The zero-order chi connectivity index (χ0) is 15.3. The van der Waals surface area contributed by atoms with Gasteiger partial charge in [0.25, 0.3) is 0 Å². The first-order valence-electron chi connectivity index (χ1n) is 8.04. The lowest BCUT2D eigenvalue weighted by atomic mass is 10.1. The minimum atomic E-state index is -3.10. The molecule has 2 heterocycles. The topological polar surface area (TPSA) is 60.9 Å². The highest BCUT2D eigenvalue weighted by Gasteiger charge is 2.35. The molecule has 2 aliphatic heterocycles. The second kappa shape index (κ2) is 7.72. The number of likely N-dealkylation sites (tertiary alicyclic amines) is 1. The van der Waals surface area contributed by atoms with Gasteiger partial charge in [-0.25, -0.2) is 12.7 Å². The van der Waals surface area contributed by atoms with Crippen LogP contribution in [0, 0.1) is 0 Å². The van der Waals surface area contributed by atoms with Crippen LogP contribution in [-0.2, 0) is 10.0 Å². The average Bonchev–Trinajstić information content (AvgIpc) is 3.00. The molecule has 0 unspecified atom stereocenters. The molecule has 0 amide bonds. The van der Waals surface area contributed by atoms with Gasteiger partial charge in [0.1, 0.15) is 0 Å². The molecule has 2 fully saturated rings. The van der Waals surface area contributed by atoms with Crippen LogP contribution in [0.2, 0.25) is 0 Å². The number of β-amino-alcohol motifs (C(OH)–C–C–N with tert-alkyl or cyclic N) is 1. The van der Waals surface area contributed by atoms with Crippen molar-refractivity contribution in [2.75, 3.05) is 32.7 Å². The van der Waals surface area contributed by atoms with Crippen molar-refractivity contribution >= 4 is 10.0 Å². The second-order valence-corrected chi connectivity index (χ2v) is 8.38. The number of piperidine rings is 1. The highest BCUT2D eigenvalue weighted by molar-refractivity contribution is 7.89. The standard InChI is InChI=1S/C15H28N2O3S/c1-2-3-6-14(18)13-16-11-7-15(8-12-16)21(19,20)17-9-4-5-10-17/h2,14-15,18H,1,3-13H2/t14-/m1/s1. The van der Waals surface area contributed by atoms with E-state index in [1.807, 2.05) is 6.08 Å². The van der Waals surface area contributed by atoms with Crippen LogP contribution in [0.4, 0.5) is 0 Å². The van der Waals surface area contributed by atoms with Crippen molar-refractivity contribution in [3.8, 4) is 0 Å². The summed E-state index contributed by atoms with van der Waals surface area (Å²) in [7, 11) is -3.10. The Bertz CT molecular complexity index is 424. The van der Waals surface area contributed by atoms with Crippen molar-refractivity contribution in [3.63, 3.8) is 0 Å². The van der Waals surface area contributed by atoms with Gasteiger partial charge in [0.05, 0.1) is 11.4 Å². The number of hydrogen-bond donors (Lipinski definition) is 1. The lowest BCUT2D eigenvalue weighted by Crippen LogP contribution is -2.46. The maximum atomic E-state index is 12.5. The van der Waals surface area contributed by atoms with Crippen molar-refractivity contribution in [2.24, 2.45) is 0 Å². The predicted octanol–water partition coefficient (Wildman–Crippen LogP) is 1.20. The molecule has 5 nitrogen and oxygen atoms in total. The van der Waals surface area contributed by atoms with Crippen molar-refractivity contribution < 1.29 is 13.5 Å². The summed E-state index contributed by atoms with van der Waals surface area (Å²) in [5.41, 5.74) is 0. The van der Waals surface area contributed by atoms with Crippen LogP contribution in [-0.4, -0.2) is 66.8 Å². The van der Waals surface area contributed by atoms with E-state index in [9.17, 15) is 13.5 Å². The average molecular weight is 316 g/mol. The van der Waals surface area contributed by atoms with Gasteiger partial charge >= 0.3 is 0 Å². The van der Waals surface area contributed by atoms with Crippen molar-refractivity contribution in [1.82, 2.24) is 9.21 Å². The minimum Gasteiger partial charge on any atom is -0.392 e. The number of allylic oxidation sites excluding steroid dienone is 1. The Morgan fingerprint density at radius 3 is 2.38 bits per heavy atom. The molecule has 1 atom stereocenters. The van der Waals surface area contributed by atoms with Gasteiger partial charge in [-0.1, -0.05) is 6.08 Å². The van der Waals surface area contributed by atoms with E-state index < -0.39 is 10.0 Å². The summed E-state index contributed by atoms with van der Waals surface area (Å²) in [6.07, 6.45) is 6.39. The zero-order valence-corrected chi connectivity index (χ0v) is 13.6. The van der Waals surface area contributed by atoms with Crippen LogP contribution < -0.4 is 0 Å². The Kier molecular flexibility index (Phi) is 6.22. The maximum absolute atomic E-state index is 12.5. The van der Waals surface area contributed by atoms with Crippen LogP contribution in [0.15, 0.2) is 12.7 Å². The fourth-order valence-electron chi connectivity index (χ4n) is 3.24. The van der Waals surface area contributed by atoms with Gasteiger partial charge in [-0.15, -0.1) is 6.58 Å². The summed E-state index contributed by atoms with van der Waals surface area (Å²) in [6, 6.07) is 0. The normalized spacial score (nSPS) is 24.2. The van der Waals surface area contributed by atoms with E-state index in [4.69, 9.17) is 0 Å². The Balaban J connectivity index is 1.78. The molecule has 0 radical (unpaired) electrons. The number of rotatable bonds is 7. The number of nitrogens with zero attached hydrogens (tertiary/aromatic N) is 2. The van der Waals surface area contributed by atoms with Gasteiger partial charge < -0.3 is 10.0 Å². The predicted molar refractivity (Wildman–Crippen MR) is 84.6 cm³/mol. The van der Waals surface area contributed by atoms with E-state index in [2.05, 4.69) is 11.5 Å². The lowest BCUT2D eigenvalue weighted by Gasteiger charge is -2.34. The van der Waals surface area contributed by atoms with Crippen molar-refractivity contribution in [3.05, 3.63) is 12.7 Å². The third-order valence-corrected chi connectivity index (χ3v) is 6.95. The molecule has 122 valence electrons. The van der Waals surface area contributed by atoms with Gasteiger partial charge in [-0.2, -0.15) is 0 Å². The quantitative estimate of drug-likeness (QED) is 0.717. The summed E-state index contributed by atoms with van der Waals surface area (Å²) in [5, 5.41) is 9.69. The zero-order valence-electron chi connectivity index (χ0n) is 12.8. The fourth-order valence-corrected chi connectivity index (χ4v) is 5.24. The van der Waals surface area contributed by atoms with Crippen LogP contribution in [0.5, 0.6) is 0 Å². The molecule has 0 aromatic heterocycles. The Labute approximate surface area is 128 Å². The summed E-state index contributed by atoms with van der Waals surface area (Å²) < 4.78 is 26.7. The van der Waals surface area contributed by atoms with E-state index in [0.717, 1.165) is 38.8 Å². The summed E-state index contributed by atoms with van der Waals surface area (Å²) in [5.74, 6) is 0. The fraction of sp³-hybridized carbons (Fsp3) is 0.867. The first kappa shape index (κ1) is 16.9. The lowest BCUT2D eigenvalue weighted by molar-refractivity contribution is 0.0957. The number of hydrogen-bond acceptors (Lipinski definition) is 4. The highest BCUT2D eigenvalue weighted by Crippen LogP contribution is 2.24. The third kappa shape index (κ3) is 4.52. The number of sulfonamides is 1. The van der Waals surface area contributed by atoms with E-state index >= 15 is 0 Å². The molecule has 2 rings (SSSR count). The molecule has 6 heteroatoms. The molecule has 21 heavy (non-hydrogen) atoms. The highest BCUT2D eigenvalue weighted by atomic mass is 32.2. The van der Waals surface area contributed by atoms with Crippen LogP contribution >= 0.6 is 0 Å². The Hall–Kier alpha value is -0.430. The largest absolute Gasteiger partial charge is 0.392 e. The van der Waals surface area contributed by atoms with E-state index in [-0.39, 0.29) is 11.4 Å². The van der Waals surface area contributed by atoms with E-state index in [1.54, 1.807) is 4.31 Å². The van der Waals surface area contributed by atoms with Crippen LogP contribution in [0.1, 0.15) is 38.5 Å². The van der Waals surface area contributed by atoms with Crippen LogP contribution in [0.25, 0.3) is 0 Å². The molecule has 0 saturated carbocycles. The minimum absolute atomic E-state index is 0.225. The molecule has 2 saturated heterocycles. The second-order valence-electron chi connectivity index (χ2n) is 6.17. The monoisotopic (exact) mass is 316 g/mol. The molecule has 0 aromatic rings. The molecular weight excluding hydrogens is 288 g/mol. The Morgan fingerprint density at radius 1 is 1.19 bits per heavy atom. The van der Waals surface area contributed by atoms with Gasteiger partial charge in [0.2, 0.25) is 10.0 Å². The molecule has 2 aliphatic rings. The molecule has 1 N–H and O–H groups in total. The molecular formula is C15H28N2O3S. The molecule has 0 bridgehead atoms. The maximum Gasteiger partial charge on any atom is 0.217 e. The van der Waals surface area contributed by atoms with Gasteiger partial charge in [-0.3, -0.25) is 0 Å². The van der Waals surface area contributed by atoms with E-state index in [0.29, 0.717) is 32.5 Å². The van der Waals surface area contributed by atoms with Crippen LogP contribution in [0.3, 0.4) is 0 Å². The first-order chi connectivity index (χ1) is 10.0. The van der Waals surface area contributed by atoms with Gasteiger partial charge in [-0.05, 0) is 51.6 Å².